The van der Waals surface area contributed by atoms with E-state index in [1.54, 1.807) is 20.3 Å². The van der Waals surface area contributed by atoms with Gasteiger partial charge in [0.15, 0.2) is 11.5 Å². The highest BCUT2D eigenvalue weighted by Gasteiger charge is 2.19. The van der Waals surface area contributed by atoms with Crippen LogP contribution >= 0.6 is 11.6 Å². The minimum absolute atomic E-state index is 0.0265. The number of rotatable bonds is 9. The quantitative estimate of drug-likeness (QED) is 0.655. The van der Waals surface area contributed by atoms with Crippen LogP contribution in [-0.2, 0) is 16.4 Å². The van der Waals surface area contributed by atoms with Crippen LogP contribution in [0.25, 0.3) is 0 Å². The summed E-state index contributed by atoms with van der Waals surface area (Å²) in [6, 6.07) is 10.1. The predicted molar refractivity (Wildman–Crippen MR) is 101 cm³/mol. The third kappa shape index (κ3) is 5.03. The van der Waals surface area contributed by atoms with E-state index in [1.807, 2.05) is 18.2 Å². The van der Waals surface area contributed by atoms with Crippen molar-refractivity contribution in [2.24, 2.45) is 0 Å². The number of sulfonamides is 1. The fourth-order valence-corrected chi connectivity index (χ4v) is 3.98. The van der Waals surface area contributed by atoms with Gasteiger partial charge in [-0.2, -0.15) is 0 Å². The molecule has 0 aliphatic rings. The number of halogens is 1. The summed E-state index contributed by atoms with van der Waals surface area (Å²) in [5, 5.41) is 0.330. The van der Waals surface area contributed by atoms with Crippen molar-refractivity contribution in [2.45, 2.75) is 17.7 Å². The minimum atomic E-state index is -3.71. The molecule has 0 aliphatic heterocycles. The number of ether oxygens (including phenoxy) is 3. The second-order valence-electron chi connectivity index (χ2n) is 5.49. The van der Waals surface area contributed by atoms with E-state index in [1.165, 1.54) is 19.2 Å². The molecule has 2 aromatic rings. The second kappa shape index (κ2) is 9.12. The molecule has 2 aromatic carbocycles. The number of methoxy groups -OCH3 is 3. The molecule has 26 heavy (non-hydrogen) atoms. The second-order valence-corrected chi connectivity index (χ2v) is 7.66. The number of hydrogen-bond donors (Lipinski definition) is 1. The first-order valence-electron chi connectivity index (χ1n) is 7.95. The summed E-state index contributed by atoms with van der Waals surface area (Å²) >= 11 is 5.90. The van der Waals surface area contributed by atoms with Crippen molar-refractivity contribution >= 4 is 21.6 Å². The maximum Gasteiger partial charge on any atom is 0.244 e. The number of aryl methyl sites for hydroxylation is 1. The van der Waals surface area contributed by atoms with Gasteiger partial charge in [-0.25, -0.2) is 13.1 Å². The van der Waals surface area contributed by atoms with E-state index >= 15 is 0 Å². The van der Waals surface area contributed by atoms with E-state index in [9.17, 15) is 8.42 Å². The van der Waals surface area contributed by atoms with Gasteiger partial charge in [-0.1, -0.05) is 17.7 Å². The lowest BCUT2D eigenvalue weighted by Gasteiger charge is -2.12. The molecular weight excluding hydrogens is 378 g/mol. The largest absolute Gasteiger partial charge is 0.495 e. The Kier molecular flexibility index (Phi) is 7.14. The summed E-state index contributed by atoms with van der Waals surface area (Å²) in [5.74, 6) is 1.56. The maximum absolute atomic E-state index is 12.5. The van der Waals surface area contributed by atoms with Gasteiger partial charge in [0.05, 0.1) is 21.3 Å². The first-order chi connectivity index (χ1) is 12.4. The molecule has 0 atom stereocenters. The molecule has 0 bridgehead atoms. The summed E-state index contributed by atoms with van der Waals surface area (Å²) in [6.07, 6.45) is 1.31. The third-order valence-corrected chi connectivity index (χ3v) is 5.51. The van der Waals surface area contributed by atoms with Crippen molar-refractivity contribution < 1.29 is 22.6 Å². The first kappa shape index (κ1) is 20.4. The Balaban J connectivity index is 1.98. The standard InChI is InChI=1S/C18H22ClNO5S/c1-23-15-8-6-13(11-17(15)25-3)5-4-10-20-26(21,22)18-12-14(19)7-9-16(18)24-2/h6-9,11-12,20H,4-5,10H2,1-3H3. The monoisotopic (exact) mass is 399 g/mol. The van der Waals surface area contributed by atoms with Gasteiger partial charge in [0.1, 0.15) is 10.6 Å². The molecule has 8 heteroatoms. The first-order valence-corrected chi connectivity index (χ1v) is 9.81. The molecule has 0 aromatic heterocycles. The molecule has 0 fully saturated rings. The van der Waals surface area contributed by atoms with Gasteiger partial charge in [0.2, 0.25) is 10.0 Å². The van der Waals surface area contributed by atoms with Crippen LogP contribution in [0.4, 0.5) is 0 Å². The molecule has 1 N–H and O–H groups in total. The van der Waals surface area contributed by atoms with E-state index in [0.29, 0.717) is 29.4 Å². The fourth-order valence-electron chi connectivity index (χ4n) is 2.47. The molecule has 0 heterocycles. The van der Waals surface area contributed by atoms with Gasteiger partial charge in [-0.3, -0.25) is 0 Å². The van der Waals surface area contributed by atoms with Gasteiger partial charge >= 0.3 is 0 Å². The lowest BCUT2D eigenvalue weighted by molar-refractivity contribution is 0.354. The number of nitrogens with one attached hydrogen (secondary N) is 1. The highest BCUT2D eigenvalue weighted by molar-refractivity contribution is 7.89. The smallest absolute Gasteiger partial charge is 0.244 e. The van der Waals surface area contributed by atoms with E-state index in [-0.39, 0.29) is 17.2 Å². The van der Waals surface area contributed by atoms with Gasteiger partial charge in [-0.05, 0) is 48.7 Å². The fraction of sp³-hybridized carbons (Fsp3) is 0.333. The molecular formula is C18H22ClNO5S. The predicted octanol–water partition coefficient (Wildman–Crippen LogP) is 3.28. The van der Waals surface area contributed by atoms with Crippen molar-refractivity contribution in [1.29, 1.82) is 0 Å². The van der Waals surface area contributed by atoms with Crippen molar-refractivity contribution in [2.75, 3.05) is 27.9 Å². The Labute approximate surface area is 159 Å². The lowest BCUT2D eigenvalue weighted by atomic mass is 10.1. The Morgan fingerprint density at radius 3 is 2.23 bits per heavy atom. The van der Waals surface area contributed by atoms with Crippen LogP contribution in [0, 0.1) is 0 Å². The zero-order chi connectivity index (χ0) is 19.2. The molecule has 6 nitrogen and oxygen atoms in total. The van der Waals surface area contributed by atoms with Crippen LogP contribution in [0.3, 0.4) is 0 Å². The lowest BCUT2D eigenvalue weighted by Crippen LogP contribution is -2.25. The highest BCUT2D eigenvalue weighted by atomic mass is 35.5. The van der Waals surface area contributed by atoms with Gasteiger partial charge < -0.3 is 14.2 Å². The summed E-state index contributed by atoms with van der Waals surface area (Å²) in [6.45, 7) is 0.284. The summed E-state index contributed by atoms with van der Waals surface area (Å²) < 4.78 is 43.1. The van der Waals surface area contributed by atoms with Crippen LogP contribution in [0.1, 0.15) is 12.0 Å². The molecule has 0 saturated heterocycles. The van der Waals surface area contributed by atoms with Crippen molar-refractivity contribution in [3.63, 3.8) is 0 Å². The summed E-state index contributed by atoms with van der Waals surface area (Å²) in [7, 11) is 0.866. The van der Waals surface area contributed by atoms with Crippen LogP contribution in [0.2, 0.25) is 5.02 Å². The summed E-state index contributed by atoms with van der Waals surface area (Å²) in [4.78, 5) is 0.0265. The molecule has 0 radical (unpaired) electrons. The van der Waals surface area contributed by atoms with Crippen molar-refractivity contribution in [3.05, 3.63) is 47.0 Å². The maximum atomic E-state index is 12.5. The van der Waals surface area contributed by atoms with Crippen LogP contribution in [0.15, 0.2) is 41.3 Å². The zero-order valence-electron chi connectivity index (χ0n) is 14.9. The van der Waals surface area contributed by atoms with Crippen LogP contribution in [-0.4, -0.2) is 36.3 Å². The average Bonchev–Trinajstić information content (AvgIpc) is 2.65. The van der Waals surface area contributed by atoms with Crippen molar-refractivity contribution in [1.82, 2.24) is 4.72 Å². The Hall–Kier alpha value is -1.96. The van der Waals surface area contributed by atoms with Crippen LogP contribution < -0.4 is 18.9 Å². The van der Waals surface area contributed by atoms with E-state index in [0.717, 1.165) is 5.56 Å². The Morgan fingerprint density at radius 2 is 1.58 bits per heavy atom. The summed E-state index contributed by atoms with van der Waals surface area (Å²) in [5.41, 5.74) is 1.03. The molecule has 0 saturated carbocycles. The number of hydrogen-bond acceptors (Lipinski definition) is 5. The van der Waals surface area contributed by atoms with Gasteiger partial charge in [0.25, 0.3) is 0 Å². The topological polar surface area (TPSA) is 73.9 Å². The molecule has 0 spiro atoms. The van der Waals surface area contributed by atoms with Gasteiger partial charge in [-0.15, -0.1) is 0 Å². The Morgan fingerprint density at radius 1 is 0.923 bits per heavy atom. The Bertz CT molecular complexity index is 855. The van der Waals surface area contributed by atoms with Gasteiger partial charge in [0, 0.05) is 11.6 Å². The van der Waals surface area contributed by atoms with E-state index in [4.69, 9.17) is 25.8 Å². The molecule has 142 valence electrons. The van der Waals surface area contributed by atoms with Crippen molar-refractivity contribution in [3.8, 4) is 17.2 Å². The highest BCUT2D eigenvalue weighted by Crippen LogP contribution is 2.28. The minimum Gasteiger partial charge on any atom is -0.495 e. The van der Waals surface area contributed by atoms with E-state index in [2.05, 4.69) is 4.72 Å². The SMILES string of the molecule is COc1ccc(CCCNS(=O)(=O)c2cc(Cl)ccc2OC)cc1OC. The zero-order valence-corrected chi connectivity index (χ0v) is 16.5. The third-order valence-electron chi connectivity index (χ3n) is 3.80. The normalized spacial score (nSPS) is 11.2. The van der Waals surface area contributed by atoms with E-state index < -0.39 is 10.0 Å². The molecule has 0 unspecified atom stereocenters. The molecule has 0 aliphatic carbocycles. The average molecular weight is 400 g/mol. The molecule has 2 rings (SSSR count). The molecule has 0 amide bonds. The van der Waals surface area contributed by atoms with Crippen LogP contribution in [0.5, 0.6) is 17.2 Å². The number of benzene rings is 2.